The number of carbonyl (C=O) groups is 1. The number of guanidine groups is 1. The summed E-state index contributed by atoms with van der Waals surface area (Å²) in [6.45, 7) is 14.6. The summed E-state index contributed by atoms with van der Waals surface area (Å²) in [4.78, 5) is 22.2. The molecule has 136 valence electrons. The van der Waals surface area contributed by atoms with Crippen LogP contribution in [0.3, 0.4) is 0 Å². The number of nitrogens with zero attached hydrogens (tertiary/aromatic N) is 2. The number of carbonyl (C=O) groups excluding carboxylic acids is 1. The molecule has 0 saturated heterocycles. The Bertz CT molecular complexity index is 540. The topological polar surface area (TPSA) is 78.4 Å². The summed E-state index contributed by atoms with van der Waals surface area (Å²) in [6, 6.07) is 0. The number of nitrogens with one attached hydrogen (secondary N) is 3. The number of thiazole rings is 1. The molecule has 0 aliphatic carbocycles. The smallest absolute Gasteiger partial charge is 0.225 e. The van der Waals surface area contributed by atoms with Gasteiger partial charge >= 0.3 is 0 Å². The van der Waals surface area contributed by atoms with Gasteiger partial charge < -0.3 is 16.0 Å². The molecule has 0 unspecified atom stereocenters. The van der Waals surface area contributed by atoms with Crippen LogP contribution in [0.1, 0.15) is 43.3 Å². The second kappa shape index (κ2) is 9.61. The molecule has 0 atom stereocenters. The van der Waals surface area contributed by atoms with Gasteiger partial charge in [-0.05, 0) is 20.8 Å². The van der Waals surface area contributed by atoms with Crippen LogP contribution in [0, 0.1) is 19.3 Å². The fourth-order valence-electron chi connectivity index (χ4n) is 1.87. The highest BCUT2D eigenvalue weighted by atomic mass is 32.1. The third kappa shape index (κ3) is 7.29. The summed E-state index contributed by atoms with van der Waals surface area (Å²) in [5.74, 6) is 0.827. The van der Waals surface area contributed by atoms with Crippen LogP contribution < -0.4 is 16.0 Å². The van der Waals surface area contributed by atoms with Crippen LogP contribution in [-0.2, 0) is 11.2 Å². The lowest BCUT2D eigenvalue weighted by atomic mass is 9.96. The first-order valence-corrected chi connectivity index (χ1v) is 9.29. The molecule has 0 aromatic carbocycles. The monoisotopic (exact) mass is 353 g/mol. The number of aryl methyl sites for hydroxylation is 2. The Morgan fingerprint density at radius 2 is 1.83 bits per heavy atom. The summed E-state index contributed by atoms with van der Waals surface area (Å²) in [6.07, 6.45) is 0.844. The number of aliphatic imine (C=N–C) groups is 1. The van der Waals surface area contributed by atoms with Crippen LogP contribution in [0.4, 0.5) is 0 Å². The van der Waals surface area contributed by atoms with Gasteiger partial charge in [0.2, 0.25) is 5.91 Å². The van der Waals surface area contributed by atoms with Crippen molar-refractivity contribution in [2.75, 3.05) is 26.2 Å². The molecular formula is C17H31N5OS. The Balaban J connectivity index is 2.38. The van der Waals surface area contributed by atoms with Crippen LogP contribution >= 0.6 is 11.3 Å². The van der Waals surface area contributed by atoms with Crippen molar-refractivity contribution in [3.8, 4) is 0 Å². The zero-order valence-corrected chi connectivity index (χ0v) is 16.6. The van der Waals surface area contributed by atoms with Gasteiger partial charge in [0.05, 0.1) is 10.7 Å². The Kier molecular flexibility index (Phi) is 8.18. The molecule has 1 heterocycles. The van der Waals surface area contributed by atoms with Crippen LogP contribution in [0.2, 0.25) is 0 Å². The summed E-state index contributed by atoms with van der Waals surface area (Å²) in [5.41, 5.74) is 0.751. The van der Waals surface area contributed by atoms with Crippen molar-refractivity contribution in [3.63, 3.8) is 0 Å². The summed E-state index contributed by atoms with van der Waals surface area (Å²) in [5, 5.41) is 10.5. The molecule has 0 bridgehead atoms. The van der Waals surface area contributed by atoms with E-state index in [1.807, 2.05) is 34.6 Å². The lowest BCUT2D eigenvalue weighted by molar-refractivity contribution is -0.128. The van der Waals surface area contributed by atoms with E-state index in [2.05, 4.69) is 32.9 Å². The normalized spacial score (nSPS) is 12.2. The quantitative estimate of drug-likeness (QED) is 0.398. The van der Waals surface area contributed by atoms with Gasteiger partial charge in [0, 0.05) is 42.9 Å². The number of hydrogen-bond acceptors (Lipinski definition) is 4. The molecule has 0 aliphatic heterocycles. The van der Waals surface area contributed by atoms with Gasteiger partial charge in [-0.1, -0.05) is 20.8 Å². The molecule has 1 aromatic rings. The maximum atomic E-state index is 11.8. The summed E-state index contributed by atoms with van der Waals surface area (Å²) < 4.78 is 0. The standard InChI is InChI=1S/C17H31N5OS/c1-7-18-16(21-11-10-19-15(23)17(4,5)6)20-9-8-14-22-12(2)13(3)24-14/h7-11H2,1-6H3,(H,19,23)(H2,18,20,21). The molecule has 0 spiro atoms. The van der Waals surface area contributed by atoms with Crippen LogP contribution in [0.25, 0.3) is 0 Å². The van der Waals surface area contributed by atoms with Crippen LogP contribution in [-0.4, -0.2) is 43.0 Å². The first-order valence-electron chi connectivity index (χ1n) is 8.47. The van der Waals surface area contributed by atoms with Gasteiger partial charge in [-0.25, -0.2) is 4.98 Å². The molecule has 6 nitrogen and oxygen atoms in total. The minimum absolute atomic E-state index is 0.0562. The maximum Gasteiger partial charge on any atom is 0.225 e. The second-order valence-corrected chi connectivity index (χ2v) is 7.98. The van der Waals surface area contributed by atoms with E-state index >= 15 is 0 Å². The van der Waals surface area contributed by atoms with Gasteiger partial charge in [-0.3, -0.25) is 9.79 Å². The molecule has 1 rings (SSSR count). The predicted octanol–water partition coefficient (Wildman–Crippen LogP) is 2.02. The van der Waals surface area contributed by atoms with Crippen LogP contribution in [0.15, 0.2) is 4.99 Å². The second-order valence-electron chi connectivity index (χ2n) is 6.69. The van der Waals surface area contributed by atoms with Crippen molar-refractivity contribution in [3.05, 3.63) is 15.6 Å². The van der Waals surface area contributed by atoms with Crippen molar-refractivity contribution < 1.29 is 4.79 Å². The van der Waals surface area contributed by atoms with E-state index < -0.39 is 0 Å². The third-order valence-electron chi connectivity index (χ3n) is 3.40. The molecular weight excluding hydrogens is 322 g/mol. The van der Waals surface area contributed by atoms with E-state index in [9.17, 15) is 4.79 Å². The average Bonchev–Trinajstić information content (AvgIpc) is 2.80. The highest BCUT2D eigenvalue weighted by Gasteiger charge is 2.20. The fourth-order valence-corrected chi connectivity index (χ4v) is 2.80. The van der Waals surface area contributed by atoms with Crippen molar-refractivity contribution in [2.24, 2.45) is 10.4 Å². The molecule has 7 heteroatoms. The lowest BCUT2D eigenvalue weighted by Gasteiger charge is -2.18. The molecule has 1 amide bonds. The SMILES string of the molecule is CCNC(=NCCc1nc(C)c(C)s1)NCCNC(=O)C(C)(C)C. The maximum absolute atomic E-state index is 11.8. The molecule has 0 saturated carbocycles. The molecule has 0 fully saturated rings. The van der Waals surface area contributed by atoms with Gasteiger partial charge in [0.1, 0.15) is 0 Å². The van der Waals surface area contributed by atoms with Gasteiger partial charge in [-0.15, -0.1) is 11.3 Å². The van der Waals surface area contributed by atoms with E-state index in [1.54, 1.807) is 11.3 Å². The number of rotatable bonds is 7. The predicted molar refractivity (Wildman–Crippen MR) is 102 cm³/mol. The number of aromatic nitrogens is 1. The lowest BCUT2D eigenvalue weighted by Crippen LogP contribution is -2.43. The third-order valence-corrected chi connectivity index (χ3v) is 4.53. The Hall–Kier alpha value is -1.63. The number of amides is 1. The van der Waals surface area contributed by atoms with E-state index in [-0.39, 0.29) is 11.3 Å². The van der Waals surface area contributed by atoms with Gasteiger partial charge in [0.25, 0.3) is 0 Å². The fraction of sp³-hybridized carbons (Fsp3) is 0.706. The minimum atomic E-state index is -0.359. The first-order chi connectivity index (χ1) is 11.2. The van der Waals surface area contributed by atoms with Crippen LogP contribution in [0.5, 0.6) is 0 Å². The molecule has 0 radical (unpaired) electrons. The van der Waals surface area contributed by atoms with E-state index in [1.165, 1.54) is 4.88 Å². The highest BCUT2D eigenvalue weighted by Crippen LogP contribution is 2.16. The van der Waals surface area contributed by atoms with Crippen molar-refractivity contribution in [1.82, 2.24) is 20.9 Å². The average molecular weight is 354 g/mol. The zero-order valence-electron chi connectivity index (χ0n) is 15.7. The Morgan fingerprint density at radius 3 is 2.38 bits per heavy atom. The highest BCUT2D eigenvalue weighted by molar-refractivity contribution is 7.11. The largest absolute Gasteiger partial charge is 0.357 e. The van der Waals surface area contributed by atoms with E-state index in [0.717, 1.165) is 29.6 Å². The van der Waals surface area contributed by atoms with Gasteiger partial charge in [0.15, 0.2) is 5.96 Å². The van der Waals surface area contributed by atoms with E-state index in [4.69, 9.17) is 0 Å². The van der Waals surface area contributed by atoms with E-state index in [0.29, 0.717) is 19.6 Å². The van der Waals surface area contributed by atoms with Gasteiger partial charge in [-0.2, -0.15) is 0 Å². The molecule has 24 heavy (non-hydrogen) atoms. The minimum Gasteiger partial charge on any atom is -0.357 e. The number of hydrogen-bond donors (Lipinski definition) is 3. The molecule has 0 aliphatic rings. The zero-order chi connectivity index (χ0) is 18.2. The molecule has 3 N–H and O–H groups in total. The summed E-state index contributed by atoms with van der Waals surface area (Å²) >= 11 is 1.74. The van der Waals surface area contributed by atoms with Crippen molar-refractivity contribution in [2.45, 2.75) is 48.0 Å². The summed E-state index contributed by atoms with van der Waals surface area (Å²) in [7, 11) is 0. The van der Waals surface area contributed by atoms with Crippen molar-refractivity contribution in [1.29, 1.82) is 0 Å². The first kappa shape index (κ1) is 20.4. The Morgan fingerprint density at radius 1 is 1.17 bits per heavy atom. The molecule has 1 aromatic heterocycles. The Labute approximate surface area is 149 Å². The van der Waals surface area contributed by atoms with Crippen molar-refractivity contribution >= 4 is 23.2 Å².